The molecule has 2 heterocycles. The molecule has 0 bridgehead atoms. The van der Waals surface area contributed by atoms with Gasteiger partial charge in [-0.1, -0.05) is 17.7 Å². The number of nitrogens with one attached hydrogen (secondary N) is 1. The van der Waals surface area contributed by atoms with Gasteiger partial charge in [-0.05, 0) is 26.0 Å². The molecule has 1 N–H and O–H groups in total. The van der Waals surface area contributed by atoms with Crippen LogP contribution in [0.5, 0.6) is 0 Å². The maximum absolute atomic E-state index is 12.9. The number of hydrogen-bond acceptors (Lipinski definition) is 4. The van der Waals surface area contributed by atoms with Crippen molar-refractivity contribution in [1.29, 1.82) is 5.26 Å². The molecule has 0 radical (unpaired) electrons. The molecule has 0 atom stereocenters. The fourth-order valence-corrected chi connectivity index (χ4v) is 2.84. The van der Waals surface area contributed by atoms with Gasteiger partial charge in [-0.15, -0.1) is 0 Å². The number of aromatic nitrogens is 3. The molecule has 0 saturated heterocycles. The first kappa shape index (κ1) is 17.4. The molecule has 0 unspecified atom stereocenters. The second kappa shape index (κ2) is 7.23. The van der Waals surface area contributed by atoms with E-state index in [2.05, 4.69) is 16.2 Å². The Morgan fingerprint density at radius 3 is 2.69 bits per heavy atom. The van der Waals surface area contributed by atoms with Gasteiger partial charge in [-0.25, -0.2) is 9.50 Å². The van der Waals surface area contributed by atoms with E-state index >= 15 is 0 Å². The number of nitrogens with zero attached hydrogens (tertiary/aromatic N) is 4. The second-order valence-corrected chi connectivity index (χ2v) is 6.10. The molecule has 3 aromatic rings. The lowest BCUT2D eigenvalue weighted by Crippen LogP contribution is -2.35. The lowest BCUT2D eigenvalue weighted by molar-refractivity contribution is -0.118. The Balaban J connectivity index is 1.94. The quantitative estimate of drug-likeness (QED) is 0.763. The Kier molecular flexibility index (Phi) is 4.85. The molecule has 7 heteroatoms. The normalized spacial score (nSPS) is 10.7. The minimum atomic E-state index is -0.282. The van der Waals surface area contributed by atoms with E-state index in [1.807, 2.05) is 31.2 Å². The number of aromatic amines is 1. The summed E-state index contributed by atoms with van der Waals surface area (Å²) < 4.78 is 1.32. The molecular weight excluding hydrogens is 330 g/mol. The summed E-state index contributed by atoms with van der Waals surface area (Å²) in [4.78, 5) is 31.5. The van der Waals surface area contributed by atoms with Crippen LogP contribution >= 0.6 is 0 Å². The van der Waals surface area contributed by atoms with E-state index in [1.165, 1.54) is 4.52 Å². The summed E-state index contributed by atoms with van der Waals surface area (Å²) in [5, 5.41) is 11.7. The maximum atomic E-state index is 12.9. The van der Waals surface area contributed by atoms with Crippen LogP contribution in [0.1, 0.15) is 23.2 Å². The summed E-state index contributed by atoms with van der Waals surface area (Å²) in [7, 11) is 0. The minimum absolute atomic E-state index is 0.0705. The number of fused-ring (bicyclic) bond motifs is 1. The van der Waals surface area contributed by atoms with E-state index in [1.54, 1.807) is 24.1 Å². The van der Waals surface area contributed by atoms with Crippen molar-refractivity contribution in [3.05, 3.63) is 63.7 Å². The molecule has 2 aromatic heterocycles. The zero-order valence-electron chi connectivity index (χ0n) is 14.7. The Morgan fingerprint density at radius 2 is 2.00 bits per heavy atom. The van der Waals surface area contributed by atoms with Crippen LogP contribution in [0.2, 0.25) is 0 Å². The van der Waals surface area contributed by atoms with Gasteiger partial charge in [0, 0.05) is 35.8 Å². The highest BCUT2D eigenvalue weighted by atomic mass is 16.2. The third kappa shape index (κ3) is 3.35. The fraction of sp³-hybridized carbons (Fsp3) is 0.263. The lowest BCUT2D eigenvalue weighted by Gasteiger charge is -2.22. The Morgan fingerprint density at radius 1 is 1.27 bits per heavy atom. The molecule has 1 amide bonds. The molecule has 3 rings (SSSR count). The van der Waals surface area contributed by atoms with Crippen molar-refractivity contribution in [2.75, 3.05) is 11.4 Å². The molecule has 132 valence electrons. The van der Waals surface area contributed by atoms with Crippen molar-refractivity contribution in [2.24, 2.45) is 0 Å². The number of nitriles is 1. The number of aryl methyl sites for hydroxylation is 2. The molecule has 1 aromatic carbocycles. The van der Waals surface area contributed by atoms with Gasteiger partial charge in [0.05, 0.1) is 18.9 Å². The standard InChI is InChI=1S/C19H19N5O2/c1-13-4-6-15(7-5-13)23(11-3-9-20)18(25)12-16-14(2)22-17-8-10-21-24(17)19(16)26/h4-8,10,21H,3,11-12H2,1-2H3. The smallest absolute Gasteiger partial charge is 0.276 e. The van der Waals surface area contributed by atoms with Crippen molar-refractivity contribution >= 4 is 17.2 Å². The molecule has 0 saturated carbocycles. The molecule has 7 nitrogen and oxygen atoms in total. The van der Waals surface area contributed by atoms with Crippen LogP contribution in [0.4, 0.5) is 5.69 Å². The number of carbonyl (C=O) groups is 1. The van der Waals surface area contributed by atoms with Gasteiger partial charge in [0.15, 0.2) is 5.65 Å². The summed E-state index contributed by atoms with van der Waals surface area (Å²) in [6, 6.07) is 11.3. The van der Waals surface area contributed by atoms with E-state index < -0.39 is 0 Å². The molecule has 0 spiro atoms. The molecule has 0 aliphatic rings. The summed E-state index contributed by atoms with van der Waals surface area (Å²) in [5.74, 6) is -0.238. The Labute approximate surface area is 150 Å². The topological polar surface area (TPSA) is 94.3 Å². The van der Waals surface area contributed by atoms with E-state index in [4.69, 9.17) is 5.26 Å². The van der Waals surface area contributed by atoms with Gasteiger partial charge in [-0.2, -0.15) is 5.26 Å². The van der Waals surface area contributed by atoms with Gasteiger partial charge >= 0.3 is 0 Å². The number of carbonyl (C=O) groups excluding carboxylic acids is 1. The van der Waals surface area contributed by atoms with E-state index in [-0.39, 0.29) is 30.9 Å². The number of anilines is 1. The van der Waals surface area contributed by atoms with Crippen molar-refractivity contribution in [3.63, 3.8) is 0 Å². The van der Waals surface area contributed by atoms with Crippen LogP contribution < -0.4 is 10.5 Å². The number of amides is 1. The number of benzene rings is 1. The van der Waals surface area contributed by atoms with Crippen LogP contribution in [-0.4, -0.2) is 27.0 Å². The Hall–Kier alpha value is -3.40. The first-order valence-corrected chi connectivity index (χ1v) is 8.31. The SMILES string of the molecule is Cc1ccc(N(CCC#N)C(=O)Cc2c(C)nc3cc[nH]n3c2=O)cc1. The maximum Gasteiger partial charge on any atom is 0.276 e. The first-order valence-electron chi connectivity index (χ1n) is 8.31. The molecular formula is C19H19N5O2. The predicted octanol–water partition coefficient (Wildman–Crippen LogP) is 2.13. The number of H-pyrrole nitrogens is 1. The number of rotatable bonds is 5. The third-order valence-corrected chi connectivity index (χ3v) is 4.27. The first-order chi connectivity index (χ1) is 12.5. The number of hydrogen-bond donors (Lipinski definition) is 1. The zero-order valence-corrected chi connectivity index (χ0v) is 14.7. The fourth-order valence-electron chi connectivity index (χ4n) is 2.84. The van der Waals surface area contributed by atoms with Crippen LogP contribution in [0.15, 0.2) is 41.3 Å². The zero-order chi connectivity index (χ0) is 18.7. The molecule has 26 heavy (non-hydrogen) atoms. The lowest BCUT2D eigenvalue weighted by atomic mass is 10.1. The van der Waals surface area contributed by atoms with Crippen LogP contribution in [0.3, 0.4) is 0 Å². The van der Waals surface area contributed by atoms with E-state index in [9.17, 15) is 9.59 Å². The van der Waals surface area contributed by atoms with Crippen molar-refractivity contribution in [2.45, 2.75) is 26.7 Å². The average molecular weight is 349 g/mol. The summed E-state index contributed by atoms with van der Waals surface area (Å²) in [5.41, 5.74) is 2.91. The van der Waals surface area contributed by atoms with Gasteiger partial charge in [0.1, 0.15) is 0 Å². The van der Waals surface area contributed by atoms with Gasteiger partial charge in [0.2, 0.25) is 5.91 Å². The predicted molar refractivity (Wildman–Crippen MR) is 98.0 cm³/mol. The van der Waals surface area contributed by atoms with Crippen molar-refractivity contribution < 1.29 is 4.79 Å². The van der Waals surface area contributed by atoms with E-state index in [0.29, 0.717) is 22.6 Å². The monoisotopic (exact) mass is 349 g/mol. The molecule has 0 fully saturated rings. The van der Waals surface area contributed by atoms with Crippen LogP contribution in [-0.2, 0) is 11.2 Å². The average Bonchev–Trinajstić information content (AvgIpc) is 3.09. The van der Waals surface area contributed by atoms with Crippen LogP contribution in [0.25, 0.3) is 5.65 Å². The summed E-state index contributed by atoms with van der Waals surface area (Å²) in [6.45, 7) is 3.96. The summed E-state index contributed by atoms with van der Waals surface area (Å²) in [6.07, 6.45) is 1.77. The third-order valence-electron chi connectivity index (χ3n) is 4.27. The largest absolute Gasteiger partial charge is 0.311 e. The van der Waals surface area contributed by atoms with E-state index in [0.717, 1.165) is 5.56 Å². The van der Waals surface area contributed by atoms with Gasteiger partial charge in [-0.3, -0.25) is 14.7 Å². The second-order valence-electron chi connectivity index (χ2n) is 6.10. The van der Waals surface area contributed by atoms with Crippen molar-refractivity contribution in [3.8, 4) is 6.07 Å². The highest BCUT2D eigenvalue weighted by Gasteiger charge is 2.20. The highest BCUT2D eigenvalue weighted by Crippen LogP contribution is 2.17. The molecule has 0 aliphatic carbocycles. The summed E-state index contributed by atoms with van der Waals surface area (Å²) >= 11 is 0. The van der Waals surface area contributed by atoms with Crippen molar-refractivity contribution in [1.82, 2.24) is 14.6 Å². The Bertz CT molecular complexity index is 1040. The van der Waals surface area contributed by atoms with Gasteiger partial charge < -0.3 is 4.90 Å². The minimum Gasteiger partial charge on any atom is -0.311 e. The van der Waals surface area contributed by atoms with Gasteiger partial charge in [0.25, 0.3) is 5.56 Å². The molecule has 0 aliphatic heterocycles. The highest BCUT2D eigenvalue weighted by molar-refractivity contribution is 5.94. The van der Waals surface area contributed by atoms with Crippen LogP contribution in [0, 0.1) is 25.2 Å².